The van der Waals surface area contributed by atoms with Gasteiger partial charge in [-0.2, -0.15) is 0 Å². The SMILES string of the molecule is CCNC(c1cccc(OC(C)C)c1)c1ccc(Br)cn1. The van der Waals surface area contributed by atoms with Gasteiger partial charge in [0, 0.05) is 10.7 Å². The molecule has 0 saturated carbocycles. The smallest absolute Gasteiger partial charge is 0.120 e. The molecule has 4 heteroatoms. The van der Waals surface area contributed by atoms with Crippen LogP contribution < -0.4 is 10.1 Å². The predicted octanol–water partition coefficient (Wildman–Crippen LogP) is 4.33. The number of hydrogen-bond donors (Lipinski definition) is 1. The zero-order valence-corrected chi connectivity index (χ0v) is 14.2. The first-order chi connectivity index (χ1) is 10.1. The predicted molar refractivity (Wildman–Crippen MR) is 89.7 cm³/mol. The molecule has 1 heterocycles. The van der Waals surface area contributed by atoms with Crippen LogP contribution in [0.15, 0.2) is 47.1 Å². The molecule has 1 N–H and O–H groups in total. The Kier molecular flexibility index (Phi) is 5.76. The van der Waals surface area contributed by atoms with Gasteiger partial charge in [0.05, 0.1) is 17.8 Å². The average molecular weight is 349 g/mol. The topological polar surface area (TPSA) is 34.1 Å². The molecule has 0 aliphatic rings. The first-order valence-electron chi connectivity index (χ1n) is 7.21. The Bertz CT molecular complexity index is 569. The maximum absolute atomic E-state index is 5.78. The van der Waals surface area contributed by atoms with E-state index in [-0.39, 0.29) is 12.1 Å². The summed E-state index contributed by atoms with van der Waals surface area (Å²) in [4.78, 5) is 4.51. The molecule has 3 nitrogen and oxygen atoms in total. The number of halogens is 1. The normalized spacial score (nSPS) is 12.4. The van der Waals surface area contributed by atoms with Crippen molar-refractivity contribution in [2.75, 3.05) is 6.54 Å². The number of hydrogen-bond acceptors (Lipinski definition) is 3. The second-order valence-electron chi connectivity index (χ2n) is 5.13. The third kappa shape index (κ3) is 4.55. The number of pyridine rings is 1. The largest absolute Gasteiger partial charge is 0.491 e. The summed E-state index contributed by atoms with van der Waals surface area (Å²) in [5, 5.41) is 3.48. The molecule has 0 aliphatic heterocycles. The van der Waals surface area contributed by atoms with Gasteiger partial charge in [0.15, 0.2) is 0 Å². The number of rotatable bonds is 6. The van der Waals surface area contributed by atoms with E-state index in [0.29, 0.717) is 0 Å². The monoisotopic (exact) mass is 348 g/mol. The number of ether oxygens (including phenoxy) is 1. The van der Waals surface area contributed by atoms with E-state index in [9.17, 15) is 0 Å². The van der Waals surface area contributed by atoms with Crippen LogP contribution in [0.2, 0.25) is 0 Å². The summed E-state index contributed by atoms with van der Waals surface area (Å²) < 4.78 is 6.77. The van der Waals surface area contributed by atoms with Gasteiger partial charge in [-0.15, -0.1) is 0 Å². The molecule has 2 aromatic rings. The summed E-state index contributed by atoms with van der Waals surface area (Å²) in [6, 6.07) is 12.3. The summed E-state index contributed by atoms with van der Waals surface area (Å²) in [5.74, 6) is 0.891. The Hall–Kier alpha value is -1.39. The molecular weight excluding hydrogens is 328 g/mol. The van der Waals surface area contributed by atoms with Crippen LogP contribution in [0.3, 0.4) is 0 Å². The van der Waals surface area contributed by atoms with Crippen molar-refractivity contribution in [3.63, 3.8) is 0 Å². The second kappa shape index (κ2) is 7.57. The highest BCUT2D eigenvalue weighted by Crippen LogP contribution is 2.25. The lowest BCUT2D eigenvalue weighted by atomic mass is 10.0. The van der Waals surface area contributed by atoms with E-state index >= 15 is 0 Å². The zero-order valence-electron chi connectivity index (χ0n) is 12.6. The van der Waals surface area contributed by atoms with Crippen LogP contribution in [0.5, 0.6) is 5.75 Å². The molecular formula is C17H21BrN2O. The van der Waals surface area contributed by atoms with Gasteiger partial charge in [-0.1, -0.05) is 19.1 Å². The molecule has 1 aromatic heterocycles. The molecule has 0 amide bonds. The Morgan fingerprint density at radius 2 is 2.05 bits per heavy atom. The van der Waals surface area contributed by atoms with E-state index in [4.69, 9.17) is 4.74 Å². The lowest BCUT2D eigenvalue weighted by Gasteiger charge is -2.19. The molecule has 1 atom stereocenters. The molecule has 0 saturated heterocycles. The molecule has 21 heavy (non-hydrogen) atoms. The lowest BCUT2D eigenvalue weighted by Crippen LogP contribution is -2.23. The summed E-state index contributed by atoms with van der Waals surface area (Å²) in [5.41, 5.74) is 2.16. The molecule has 0 radical (unpaired) electrons. The minimum atomic E-state index is 0.0683. The summed E-state index contributed by atoms with van der Waals surface area (Å²) in [6.07, 6.45) is 2.00. The zero-order chi connectivity index (χ0) is 15.2. The molecule has 2 rings (SSSR count). The third-order valence-corrected chi connectivity index (χ3v) is 3.49. The van der Waals surface area contributed by atoms with Crippen molar-refractivity contribution in [1.29, 1.82) is 0 Å². The Balaban J connectivity index is 2.31. The Morgan fingerprint density at radius 1 is 1.24 bits per heavy atom. The van der Waals surface area contributed by atoms with Gasteiger partial charge in [0.2, 0.25) is 0 Å². The van der Waals surface area contributed by atoms with Crippen LogP contribution in [0.4, 0.5) is 0 Å². The van der Waals surface area contributed by atoms with Gasteiger partial charge in [0.25, 0.3) is 0 Å². The number of aromatic nitrogens is 1. The van der Waals surface area contributed by atoms with Crippen molar-refractivity contribution in [3.05, 3.63) is 58.3 Å². The number of nitrogens with one attached hydrogen (secondary N) is 1. The Morgan fingerprint density at radius 3 is 2.67 bits per heavy atom. The lowest BCUT2D eigenvalue weighted by molar-refractivity contribution is 0.242. The number of benzene rings is 1. The van der Waals surface area contributed by atoms with Crippen LogP contribution in [0.1, 0.15) is 38.1 Å². The molecule has 112 valence electrons. The van der Waals surface area contributed by atoms with Crippen LogP contribution in [-0.2, 0) is 0 Å². The minimum absolute atomic E-state index is 0.0683. The average Bonchev–Trinajstić information content (AvgIpc) is 2.45. The number of nitrogens with zero attached hydrogens (tertiary/aromatic N) is 1. The van der Waals surface area contributed by atoms with Gasteiger partial charge in [-0.25, -0.2) is 0 Å². The van der Waals surface area contributed by atoms with E-state index in [1.807, 2.05) is 44.3 Å². The van der Waals surface area contributed by atoms with E-state index in [2.05, 4.69) is 45.3 Å². The standard InChI is InChI=1S/C17H21BrN2O/c1-4-19-17(16-9-8-14(18)11-20-16)13-6-5-7-15(10-13)21-12(2)3/h5-12,17,19H,4H2,1-3H3. The van der Waals surface area contributed by atoms with Crippen molar-refractivity contribution in [1.82, 2.24) is 10.3 Å². The minimum Gasteiger partial charge on any atom is -0.491 e. The molecule has 0 bridgehead atoms. The van der Waals surface area contributed by atoms with Gasteiger partial charge in [0.1, 0.15) is 5.75 Å². The quantitative estimate of drug-likeness (QED) is 0.843. The van der Waals surface area contributed by atoms with Gasteiger partial charge in [-0.05, 0) is 66.2 Å². The van der Waals surface area contributed by atoms with Crippen LogP contribution in [0, 0.1) is 0 Å². The van der Waals surface area contributed by atoms with Crippen molar-refractivity contribution in [2.24, 2.45) is 0 Å². The van der Waals surface area contributed by atoms with Crippen LogP contribution in [0.25, 0.3) is 0 Å². The fraction of sp³-hybridized carbons (Fsp3) is 0.353. The summed E-state index contributed by atoms with van der Waals surface area (Å²) in [6.45, 7) is 7.04. The first kappa shape index (κ1) is 16.0. The summed E-state index contributed by atoms with van der Waals surface area (Å²) >= 11 is 3.43. The summed E-state index contributed by atoms with van der Waals surface area (Å²) in [7, 11) is 0. The second-order valence-corrected chi connectivity index (χ2v) is 6.05. The highest BCUT2D eigenvalue weighted by molar-refractivity contribution is 9.10. The first-order valence-corrected chi connectivity index (χ1v) is 8.01. The fourth-order valence-corrected chi connectivity index (χ4v) is 2.43. The molecule has 0 aliphatic carbocycles. The van der Waals surface area contributed by atoms with Gasteiger partial charge < -0.3 is 10.1 Å². The van der Waals surface area contributed by atoms with E-state index in [1.165, 1.54) is 0 Å². The fourth-order valence-electron chi connectivity index (χ4n) is 2.19. The maximum atomic E-state index is 5.78. The maximum Gasteiger partial charge on any atom is 0.120 e. The highest BCUT2D eigenvalue weighted by Gasteiger charge is 2.15. The Labute approximate surface area is 134 Å². The third-order valence-electron chi connectivity index (χ3n) is 3.02. The van der Waals surface area contributed by atoms with Crippen LogP contribution >= 0.6 is 15.9 Å². The molecule has 1 aromatic carbocycles. The molecule has 1 unspecified atom stereocenters. The van der Waals surface area contributed by atoms with E-state index in [1.54, 1.807) is 0 Å². The van der Waals surface area contributed by atoms with Crippen LogP contribution in [-0.4, -0.2) is 17.6 Å². The van der Waals surface area contributed by atoms with E-state index in [0.717, 1.165) is 28.0 Å². The highest BCUT2D eigenvalue weighted by atomic mass is 79.9. The molecule has 0 fully saturated rings. The van der Waals surface area contributed by atoms with E-state index < -0.39 is 0 Å². The van der Waals surface area contributed by atoms with Crippen molar-refractivity contribution < 1.29 is 4.74 Å². The van der Waals surface area contributed by atoms with Crippen molar-refractivity contribution in [2.45, 2.75) is 32.9 Å². The van der Waals surface area contributed by atoms with Gasteiger partial charge in [-0.3, -0.25) is 4.98 Å². The van der Waals surface area contributed by atoms with Crippen molar-refractivity contribution in [3.8, 4) is 5.75 Å². The van der Waals surface area contributed by atoms with Gasteiger partial charge >= 0.3 is 0 Å². The van der Waals surface area contributed by atoms with Crippen molar-refractivity contribution >= 4 is 15.9 Å². The molecule has 0 spiro atoms.